The molecule has 2 atom stereocenters. The summed E-state index contributed by atoms with van der Waals surface area (Å²) in [5.41, 5.74) is 6.19. The second kappa shape index (κ2) is 7.81. The minimum absolute atomic E-state index is 0.0850. The summed E-state index contributed by atoms with van der Waals surface area (Å²) in [7, 11) is 0. The number of hydrogen-bond acceptors (Lipinski definition) is 6. The maximum absolute atomic E-state index is 12.4. The fraction of sp³-hybridized carbons (Fsp3) is 0.400. The van der Waals surface area contributed by atoms with Crippen LogP contribution in [-0.4, -0.2) is 41.4 Å². The van der Waals surface area contributed by atoms with E-state index in [9.17, 15) is 14.4 Å². The largest absolute Gasteiger partial charge is 0.465 e. The normalized spacial score (nSPS) is 19.1. The minimum Gasteiger partial charge on any atom is -0.465 e. The van der Waals surface area contributed by atoms with Gasteiger partial charge in [0.05, 0.1) is 17.5 Å². The SMILES string of the molecule is CCOC(=O)[C@@H](N)CS[C@H]1CC(=O)N(c2ccc(Cl)cc2)C1=O. The summed E-state index contributed by atoms with van der Waals surface area (Å²) in [6.45, 7) is 1.95. The molecule has 1 fully saturated rings. The number of carbonyl (C=O) groups excluding carboxylic acids is 3. The molecule has 0 radical (unpaired) electrons. The number of thioether (sulfide) groups is 1. The molecule has 0 unspecified atom stereocenters. The van der Waals surface area contributed by atoms with Crippen LogP contribution in [0.4, 0.5) is 5.69 Å². The number of rotatable bonds is 6. The molecule has 0 saturated carbocycles. The van der Waals surface area contributed by atoms with Gasteiger partial charge in [0.1, 0.15) is 6.04 Å². The lowest BCUT2D eigenvalue weighted by Crippen LogP contribution is -2.36. The van der Waals surface area contributed by atoms with E-state index in [1.165, 1.54) is 11.8 Å². The molecule has 2 N–H and O–H groups in total. The Hall–Kier alpha value is -1.57. The molecule has 1 heterocycles. The first-order chi connectivity index (χ1) is 10.9. The van der Waals surface area contributed by atoms with Crippen LogP contribution in [0.5, 0.6) is 0 Å². The van der Waals surface area contributed by atoms with Gasteiger partial charge in [-0.2, -0.15) is 0 Å². The van der Waals surface area contributed by atoms with E-state index in [1.807, 2.05) is 0 Å². The van der Waals surface area contributed by atoms with Crippen molar-refractivity contribution in [2.24, 2.45) is 5.73 Å². The molecule has 0 bridgehead atoms. The van der Waals surface area contributed by atoms with Gasteiger partial charge >= 0.3 is 5.97 Å². The Labute approximate surface area is 143 Å². The predicted molar refractivity (Wildman–Crippen MR) is 89.4 cm³/mol. The molecule has 1 aromatic carbocycles. The van der Waals surface area contributed by atoms with Crippen molar-refractivity contribution in [2.45, 2.75) is 24.6 Å². The summed E-state index contributed by atoms with van der Waals surface area (Å²) in [6.07, 6.45) is 0.0850. The van der Waals surface area contributed by atoms with Crippen LogP contribution in [0.2, 0.25) is 5.02 Å². The van der Waals surface area contributed by atoms with Crippen LogP contribution in [0.25, 0.3) is 0 Å². The molecule has 1 saturated heterocycles. The molecule has 23 heavy (non-hydrogen) atoms. The van der Waals surface area contributed by atoms with Crippen LogP contribution in [0.3, 0.4) is 0 Å². The smallest absolute Gasteiger partial charge is 0.323 e. The van der Waals surface area contributed by atoms with Gasteiger partial charge in [0, 0.05) is 17.2 Å². The average molecular weight is 357 g/mol. The van der Waals surface area contributed by atoms with Gasteiger partial charge in [-0.05, 0) is 31.2 Å². The van der Waals surface area contributed by atoms with Gasteiger partial charge in [-0.3, -0.25) is 14.4 Å². The van der Waals surface area contributed by atoms with Crippen LogP contribution in [0.15, 0.2) is 24.3 Å². The molecule has 124 valence electrons. The molecular weight excluding hydrogens is 340 g/mol. The summed E-state index contributed by atoms with van der Waals surface area (Å²) in [5.74, 6) is -0.874. The van der Waals surface area contributed by atoms with Gasteiger partial charge in [-0.25, -0.2) is 4.90 Å². The van der Waals surface area contributed by atoms with E-state index in [2.05, 4.69) is 0 Å². The first kappa shape index (κ1) is 17.8. The van der Waals surface area contributed by atoms with Crippen molar-refractivity contribution in [3.05, 3.63) is 29.3 Å². The monoisotopic (exact) mass is 356 g/mol. The molecule has 8 heteroatoms. The Morgan fingerprint density at radius 3 is 2.70 bits per heavy atom. The lowest BCUT2D eigenvalue weighted by atomic mass is 10.3. The first-order valence-corrected chi connectivity index (χ1v) is 8.53. The lowest BCUT2D eigenvalue weighted by Gasteiger charge is -2.15. The highest BCUT2D eigenvalue weighted by molar-refractivity contribution is 8.00. The molecule has 0 aliphatic carbocycles. The number of halogens is 1. The zero-order valence-corrected chi connectivity index (χ0v) is 14.1. The van der Waals surface area contributed by atoms with Crippen LogP contribution < -0.4 is 10.6 Å². The van der Waals surface area contributed by atoms with Crippen LogP contribution in [-0.2, 0) is 19.1 Å². The highest BCUT2D eigenvalue weighted by atomic mass is 35.5. The van der Waals surface area contributed by atoms with Gasteiger partial charge in [0.25, 0.3) is 0 Å². The van der Waals surface area contributed by atoms with Crippen molar-refractivity contribution in [2.75, 3.05) is 17.3 Å². The van der Waals surface area contributed by atoms with E-state index in [-0.39, 0.29) is 30.6 Å². The molecule has 0 spiro atoms. The van der Waals surface area contributed by atoms with Gasteiger partial charge in [0.2, 0.25) is 11.8 Å². The van der Waals surface area contributed by atoms with Gasteiger partial charge in [0.15, 0.2) is 0 Å². The molecular formula is C15H17ClN2O4S. The van der Waals surface area contributed by atoms with Crippen molar-refractivity contribution >= 4 is 46.8 Å². The minimum atomic E-state index is -0.813. The van der Waals surface area contributed by atoms with Crippen molar-refractivity contribution in [1.29, 1.82) is 0 Å². The summed E-state index contributed by atoms with van der Waals surface area (Å²) in [6, 6.07) is 5.67. The standard InChI is InChI=1S/C15H17ClN2O4S/c1-2-22-15(21)11(17)8-23-12-7-13(19)18(14(12)20)10-5-3-9(16)4-6-10/h3-6,11-12H,2,7-8,17H2,1H3/t11-,12-/m0/s1. The van der Waals surface area contributed by atoms with Crippen molar-refractivity contribution in [1.82, 2.24) is 0 Å². The van der Waals surface area contributed by atoms with Crippen molar-refractivity contribution in [3.8, 4) is 0 Å². The number of nitrogens with two attached hydrogens (primary N) is 1. The number of imide groups is 1. The van der Waals surface area contributed by atoms with Crippen molar-refractivity contribution < 1.29 is 19.1 Å². The third kappa shape index (κ3) is 4.25. The Bertz CT molecular complexity index is 608. The van der Waals surface area contributed by atoms with E-state index in [0.29, 0.717) is 10.7 Å². The van der Waals surface area contributed by atoms with Crippen LogP contribution in [0, 0.1) is 0 Å². The number of ether oxygens (including phenoxy) is 1. The van der Waals surface area contributed by atoms with Crippen molar-refractivity contribution in [3.63, 3.8) is 0 Å². The maximum Gasteiger partial charge on any atom is 0.323 e. The number of carbonyl (C=O) groups is 3. The molecule has 6 nitrogen and oxygen atoms in total. The maximum atomic E-state index is 12.4. The lowest BCUT2D eigenvalue weighted by molar-refractivity contribution is -0.144. The van der Waals surface area contributed by atoms with Gasteiger partial charge in [-0.1, -0.05) is 11.6 Å². The number of anilines is 1. The molecule has 1 aliphatic rings. The van der Waals surface area contributed by atoms with E-state index in [0.717, 1.165) is 4.90 Å². The zero-order chi connectivity index (χ0) is 17.0. The van der Waals surface area contributed by atoms with Crippen LogP contribution >= 0.6 is 23.4 Å². The average Bonchev–Trinajstić information content (AvgIpc) is 2.80. The van der Waals surface area contributed by atoms with E-state index >= 15 is 0 Å². The predicted octanol–water partition coefficient (Wildman–Crippen LogP) is 1.60. The topological polar surface area (TPSA) is 89.7 Å². The molecule has 0 aromatic heterocycles. The fourth-order valence-corrected chi connectivity index (χ4v) is 3.34. The number of amides is 2. The first-order valence-electron chi connectivity index (χ1n) is 7.10. The molecule has 2 rings (SSSR count). The van der Waals surface area contributed by atoms with Gasteiger partial charge < -0.3 is 10.5 Å². The third-order valence-electron chi connectivity index (χ3n) is 3.26. The summed E-state index contributed by atoms with van der Waals surface area (Å²) in [5, 5.41) is -0.0159. The molecule has 2 amide bonds. The summed E-state index contributed by atoms with van der Waals surface area (Å²) < 4.78 is 4.82. The third-order valence-corrected chi connectivity index (χ3v) is 4.83. The number of esters is 1. The second-order valence-corrected chi connectivity index (χ2v) is 6.60. The van der Waals surface area contributed by atoms with E-state index < -0.39 is 17.3 Å². The zero-order valence-electron chi connectivity index (χ0n) is 12.5. The number of hydrogen-bond donors (Lipinski definition) is 1. The highest BCUT2D eigenvalue weighted by Crippen LogP contribution is 2.30. The Kier molecular flexibility index (Phi) is 6.04. The summed E-state index contributed by atoms with van der Waals surface area (Å²) in [4.78, 5) is 37.1. The summed E-state index contributed by atoms with van der Waals surface area (Å²) >= 11 is 7.01. The Balaban J connectivity index is 1.98. The molecule has 1 aromatic rings. The Morgan fingerprint density at radius 2 is 2.09 bits per heavy atom. The fourth-order valence-electron chi connectivity index (χ4n) is 2.13. The number of benzene rings is 1. The second-order valence-electron chi connectivity index (χ2n) is 4.93. The number of nitrogens with zero attached hydrogens (tertiary/aromatic N) is 1. The van der Waals surface area contributed by atoms with E-state index in [1.54, 1.807) is 31.2 Å². The van der Waals surface area contributed by atoms with E-state index in [4.69, 9.17) is 22.1 Å². The molecule has 1 aliphatic heterocycles. The van der Waals surface area contributed by atoms with Gasteiger partial charge in [-0.15, -0.1) is 11.8 Å². The quantitative estimate of drug-likeness (QED) is 0.615. The Morgan fingerprint density at radius 1 is 1.43 bits per heavy atom. The highest BCUT2D eigenvalue weighted by Gasteiger charge is 2.40. The van der Waals surface area contributed by atoms with Crippen LogP contribution in [0.1, 0.15) is 13.3 Å².